The Labute approximate surface area is 843 Å². The molecule has 30 heteroatoms. The summed E-state index contributed by atoms with van der Waals surface area (Å²) in [6.07, 6.45) is 10.5. The number of aryl methyl sites for hydroxylation is 2. The number of piperidine rings is 4. The zero-order valence-corrected chi connectivity index (χ0v) is 82.1. The summed E-state index contributed by atoms with van der Waals surface area (Å²) in [6, 6.07) is 88.8. The number of esters is 1. The number of halogens is 4. The third-order valence-electron chi connectivity index (χ3n) is 26.8. The van der Waals surface area contributed by atoms with Crippen molar-refractivity contribution in [2.24, 2.45) is 37.8 Å². The van der Waals surface area contributed by atoms with Crippen LogP contribution >= 0.6 is 46.4 Å². The number of hydrogen-bond donors (Lipinski definition) is 4. The number of methoxy groups -OCH3 is 1. The smallest absolute Gasteiger partial charge is 0.337 e. The Morgan fingerprint density at radius 1 is 0.338 bits per heavy atom. The lowest BCUT2D eigenvalue weighted by molar-refractivity contribution is -0.127. The molecule has 4 N–H and O–H groups in total. The highest BCUT2D eigenvalue weighted by Gasteiger charge is 2.36. The summed E-state index contributed by atoms with van der Waals surface area (Å²) in [6.45, 7) is 7.48. The number of hydrogen-bond acceptors (Lipinski definition) is 12. The first-order chi connectivity index (χ1) is 69.0. The number of fused-ring (bicyclic) bond motifs is 4. The molecule has 20 rings (SSSR count). The van der Waals surface area contributed by atoms with Crippen molar-refractivity contribution in [3.05, 3.63) is 380 Å². The van der Waals surface area contributed by atoms with Gasteiger partial charge in [-0.05, 0) is 207 Å². The maximum Gasteiger partial charge on any atom is 0.337 e. The first kappa shape index (κ1) is 98.8. The molecule has 26 nitrogen and oxygen atoms in total. The summed E-state index contributed by atoms with van der Waals surface area (Å²) in [5, 5.41) is 23.0. The number of anilines is 2. The number of imidazole rings is 1. The van der Waals surface area contributed by atoms with Crippen LogP contribution in [0, 0.1) is 23.7 Å². The molecule has 10 aromatic carbocycles. The molecule has 4 aliphatic rings. The van der Waals surface area contributed by atoms with Gasteiger partial charge < -0.3 is 68.4 Å². The van der Waals surface area contributed by atoms with Crippen molar-refractivity contribution < 1.29 is 47.9 Å². The molecule has 4 saturated heterocycles. The van der Waals surface area contributed by atoms with Gasteiger partial charge in [-0.25, -0.2) is 9.78 Å². The van der Waals surface area contributed by atoms with Crippen molar-refractivity contribution in [2.75, 3.05) is 70.1 Å². The number of carbonyl (C=O) groups is 9. The van der Waals surface area contributed by atoms with Crippen molar-refractivity contribution in [3.63, 3.8) is 0 Å². The topological polar surface area (TPSA) is 279 Å². The second-order valence-corrected chi connectivity index (χ2v) is 38.1. The predicted octanol–water partition coefficient (Wildman–Crippen LogP) is 19.9. The summed E-state index contributed by atoms with van der Waals surface area (Å²) in [5.41, 5.74) is 14.4. The maximum absolute atomic E-state index is 13.7. The number of aromatic nitrogens is 8. The fourth-order valence-electron chi connectivity index (χ4n) is 19.0. The van der Waals surface area contributed by atoms with Gasteiger partial charge in [0, 0.05) is 204 Å². The number of rotatable bonds is 23. The van der Waals surface area contributed by atoms with Gasteiger partial charge in [-0.2, -0.15) is 5.10 Å². The lowest BCUT2D eigenvalue weighted by atomic mass is 9.95. The Morgan fingerprint density at radius 3 is 0.951 bits per heavy atom. The molecular weight excluding hydrogens is 1870 g/mol. The van der Waals surface area contributed by atoms with Gasteiger partial charge >= 0.3 is 5.97 Å². The van der Waals surface area contributed by atoms with Crippen molar-refractivity contribution in [3.8, 4) is 0 Å². The summed E-state index contributed by atoms with van der Waals surface area (Å²) >= 11 is 24.2. The van der Waals surface area contributed by atoms with E-state index in [-0.39, 0.29) is 70.9 Å². The van der Waals surface area contributed by atoms with E-state index in [1.54, 1.807) is 35.3 Å². The quantitative estimate of drug-likeness (QED) is 0.0435. The first-order valence-corrected chi connectivity index (χ1v) is 49.3. The van der Waals surface area contributed by atoms with Crippen molar-refractivity contribution >= 4 is 155 Å². The van der Waals surface area contributed by atoms with Gasteiger partial charge in [-0.1, -0.05) is 192 Å². The highest BCUT2D eigenvalue weighted by Crippen LogP contribution is 2.34. The molecule has 142 heavy (non-hydrogen) atoms. The Bertz CT molecular complexity index is 6990. The van der Waals surface area contributed by atoms with Crippen LogP contribution in [0.4, 0.5) is 11.4 Å². The molecule has 6 aromatic heterocycles. The molecule has 0 aliphatic carbocycles. The van der Waals surface area contributed by atoms with E-state index >= 15 is 0 Å². The second kappa shape index (κ2) is 46.1. The SMILES string of the molecule is COC(=O)c1cccc(NC(=O)C2CCN(C(=O)c3cc4ccccc4n3Cc3ccc(Cl)cc3)CC2)c1.Cn1ccc(CNC(=O)C2CCN(C(=O)c3cc4ccccc4n3Cc3ccc(Cl)cc3)CC2)n1.Cn1cnc(CNC(=O)C2CCN(C(=O)c3cc4ccccc4n3Cc3ccc(Cl)cc3)CC2)c1.O=C(Nc1ccccc1)C1CCN(C(=O)c2cc3ccccc3n2Cc2ccc(Cl)cc2)CC1. The number of amides is 8. The minimum atomic E-state index is -0.457. The molecule has 4 fully saturated rings. The van der Waals surface area contributed by atoms with E-state index in [4.69, 9.17) is 51.1 Å². The number of benzene rings is 10. The van der Waals surface area contributed by atoms with Gasteiger partial charge in [-0.15, -0.1) is 0 Å². The fraction of sp³-hybridized carbons (Fsp3) is 0.259. The van der Waals surface area contributed by atoms with Gasteiger partial charge in [0.25, 0.3) is 23.6 Å². The zero-order valence-electron chi connectivity index (χ0n) is 79.1. The summed E-state index contributed by atoms with van der Waals surface area (Å²) in [7, 11) is 5.08. The van der Waals surface area contributed by atoms with Gasteiger partial charge in [0.15, 0.2) is 0 Å². The van der Waals surface area contributed by atoms with Gasteiger partial charge in [0.05, 0.1) is 43.5 Å². The molecule has 726 valence electrons. The number of nitrogens with zero attached hydrogens (tertiary/aromatic N) is 12. The van der Waals surface area contributed by atoms with E-state index in [2.05, 4.69) is 45.1 Å². The molecule has 0 saturated carbocycles. The Kier molecular flexibility index (Phi) is 32.0. The van der Waals surface area contributed by atoms with E-state index < -0.39 is 5.97 Å². The number of nitrogens with one attached hydrogen (secondary N) is 4. The molecule has 16 aromatic rings. The number of likely N-dealkylation sites (tertiary alicyclic amines) is 4. The summed E-state index contributed by atoms with van der Waals surface area (Å²) < 4.78 is 16.6. The van der Waals surface area contributed by atoms with E-state index in [0.717, 1.165) is 82.9 Å². The van der Waals surface area contributed by atoms with Crippen molar-refractivity contribution in [1.29, 1.82) is 0 Å². The molecular formula is C112H110Cl4N16O10. The minimum absolute atomic E-state index is 0.00232. The van der Waals surface area contributed by atoms with Crippen LogP contribution in [-0.4, -0.2) is 170 Å². The Morgan fingerprint density at radius 2 is 0.641 bits per heavy atom. The van der Waals surface area contributed by atoms with Gasteiger partial charge in [0.1, 0.15) is 22.8 Å². The highest BCUT2D eigenvalue weighted by atomic mass is 35.5. The van der Waals surface area contributed by atoms with Crippen LogP contribution in [0.15, 0.2) is 298 Å². The first-order valence-electron chi connectivity index (χ1n) is 47.8. The number of carbonyl (C=O) groups excluding carboxylic acids is 9. The molecule has 10 heterocycles. The minimum Gasteiger partial charge on any atom is -0.465 e. The molecule has 0 radical (unpaired) electrons. The van der Waals surface area contributed by atoms with Crippen LogP contribution in [0.1, 0.15) is 137 Å². The Balaban J connectivity index is 0.000000130. The maximum atomic E-state index is 13.7. The molecule has 4 aliphatic heterocycles. The lowest BCUT2D eigenvalue weighted by Gasteiger charge is -2.31. The third kappa shape index (κ3) is 24.4. The standard InChI is InChI=1S/C30H28ClN3O4.C28H26ClN3O2.2C27H28ClN5O2/c1-38-30(37)23-6-4-7-25(17-23)32-28(35)21-13-15-33(16-14-21)29(36)27-18-22-5-2-3-8-26(22)34(27)19-20-9-11-24(31)12-10-20;29-23-12-10-20(11-13-23)19-32-25-9-5-4-6-22(25)18-26(32)28(34)31-16-14-21(15-17-31)27(33)30-24-7-2-1-3-8-24;1-31-13-12-23(30-31)17-29-26(34)20-10-14-32(15-11-20)27(35)25-16-21-4-2-3-5-24(21)33(25)18-19-6-8-22(28)9-7-19;1-31-17-23(30-18-31)15-29-26(34)20-10-12-32(13-11-20)27(35)25-14-21-4-2-3-5-24(21)33(25)16-19-6-8-22(28)9-7-19/h2-12,17-18,21H,13-16,19H2,1H3,(H,32,35);1-13,18,21H,14-17,19H2,(H,30,33);2-9,12-13,16,20H,10-11,14-15,17-18H2,1H3,(H,29,34);2-9,14,17-18,20H,10-13,15-16H2,1H3,(H,29,34). The van der Waals surface area contributed by atoms with Crippen LogP contribution in [0.3, 0.4) is 0 Å². The van der Waals surface area contributed by atoms with Gasteiger partial charge in [-0.3, -0.25) is 43.0 Å². The molecule has 0 spiro atoms. The van der Waals surface area contributed by atoms with E-state index in [0.29, 0.717) is 197 Å². The van der Waals surface area contributed by atoms with Crippen LogP contribution in [0.2, 0.25) is 20.1 Å². The summed E-state index contributed by atoms with van der Waals surface area (Å²) in [5.74, 6) is -1.03. The van der Waals surface area contributed by atoms with Crippen molar-refractivity contribution in [2.45, 2.75) is 90.6 Å². The lowest BCUT2D eigenvalue weighted by Crippen LogP contribution is -2.43. The highest BCUT2D eigenvalue weighted by molar-refractivity contribution is 6.31. The second-order valence-electron chi connectivity index (χ2n) is 36.3. The van der Waals surface area contributed by atoms with Crippen molar-refractivity contribution in [1.82, 2.24) is 67.8 Å². The molecule has 8 amide bonds. The molecule has 0 atom stereocenters. The Hall–Kier alpha value is -14.8. The average molecular weight is 1980 g/mol. The van der Waals surface area contributed by atoms with E-state index in [1.165, 1.54) is 7.11 Å². The third-order valence-corrected chi connectivity index (χ3v) is 27.8. The van der Waals surface area contributed by atoms with E-state index in [9.17, 15) is 43.2 Å². The molecule has 0 unspecified atom stereocenters. The van der Waals surface area contributed by atoms with Gasteiger partial charge in [0.2, 0.25) is 23.6 Å². The van der Waals surface area contributed by atoms with Crippen LogP contribution < -0.4 is 21.3 Å². The number of ether oxygens (including phenoxy) is 1. The van der Waals surface area contributed by atoms with Crippen LogP contribution in [0.5, 0.6) is 0 Å². The van der Waals surface area contributed by atoms with Crippen LogP contribution in [0.25, 0.3) is 43.6 Å². The largest absolute Gasteiger partial charge is 0.465 e. The normalized spacial score (nSPS) is 14.2. The fourth-order valence-corrected chi connectivity index (χ4v) is 19.5. The van der Waals surface area contributed by atoms with E-state index in [1.807, 2.05) is 310 Å². The zero-order chi connectivity index (χ0) is 98.9. The molecule has 0 bridgehead atoms. The predicted molar refractivity (Wildman–Crippen MR) is 556 cm³/mol. The van der Waals surface area contributed by atoms with Crippen LogP contribution in [-0.2, 0) is 77.3 Å². The average Bonchev–Trinajstić information content (AvgIpc) is 1.64. The summed E-state index contributed by atoms with van der Waals surface area (Å²) in [4.78, 5) is 129. The monoisotopic (exact) mass is 1980 g/mol. The number of para-hydroxylation sites is 5.